The first-order chi connectivity index (χ1) is 11.3. The van der Waals surface area contributed by atoms with E-state index in [0.717, 1.165) is 24.7 Å². The van der Waals surface area contributed by atoms with E-state index < -0.39 is 0 Å². The lowest BCUT2D eigenvalue weighted by Crippen LogP contribution is -2.36. The Morgan fingerprint density at radius 2 is 1.96 bits per heavy atom. The third-order valence-electron chi connectivity index (χ3n) is 3.40. The van der Waals surface area contributed by atoms with Gasteiger partial charge in [0.25, 0.3) is 0 Å². The highest BCUT2D eigenvalue weighted by Gasteiger charge is 2.01. The van der Waals surface area contributed by atoms with Gasteiger partial charge in [0.1, 0.15) is 0 Å². The molecular formula is C17H19N5S. The molecule has 0 amide bonds. The van der Waals surface area contributed by atoms with E-state index in [1.165, 1.54) is 10.4 Å². The van der Waals surface area contributed by atoms with Gasteiger partial charge in [-0.25, -0.2) is 4.68 Å². The predicted molar refractivity (Wildman–Crippen MR) is 94.9 cm³/mol. The van der Waals surface area contributed by atoms with Crippen molar-refractivity contribution in [2.24, 2.45) is 4.99 Å². The van der Waals surface area contributed by atoms with Crippen molar-refractivity contribution in [2.45, 2.75) is 13.1 Å². The van der Waals surface area contributed by atoms with Crippen molar-refractivity contribution in [1.82, 2.24) is 20.4 Å². The van der Waals surface area contributed by atoms with Crippen molar-refractivity contribution in [3.63, 3.8) is 0 Å². The average molecular weight is 325 g/mol. The number of hydrogen-bond donors (Lipinski definition) is 2. The highest BCUT2D eigenvalue weighted by molar-refractivity contribution is 7.09. The summed E-state index contributed by atoms with van der Waals surface area (Å²) in [6, 6.07) is 14.4. The van der Waals surface area contributed by atoms with Gasteiger partial charge < -0.3 is 10.6 Å². The van der Waals surface area contributed by atoms with Crippen LogP contribution < -0.4 is 10.6 Å². The van der Waals surface area contributed by atoms with E-state index in [1.807, 2.05) is 16.9 Å². The fourth-order valence-electron chi connectivity index (χ4n) is 2.18. The van der Waals surface area contributed by atoms with Gasteiger partial charge in [0.15, 0.2) is 5.96 Å². The third kappa shape index (κ3) is 4.20. The summed E-state index contributed by atoms with van der Waals surface area (Å²) in [4.78, 5) is 5.53. The Balaban J connectivity index is 1.52. The third-order valence-corrected chi connectivity index (χ3v) is 4.28. The highest BCUT2D eigenvalue weighted by Crippen LogP contribution is 2.09. The summed E-state index contributed by atoms with van der Waals surface area (Å²) in [5.74, 6) is 0.801. The van der Waals surface area contributed by atoms with E-state index in [9.17, 15) is 0 Å². The zero-order chi connectivity index (χ0) is 15.9. The molecule has 0 aliphatic heterocycles. The second kappa shape index (κ2) is 7.60. The van der Waals surface area contributed by atoms with E-state index in [4.69, 9.17) is 0 Å². The minimum Gasteiger partial charge on any atom is -0.352 e. The van der Waals surface area contributed by atoms with Crippen molar-refractivity contribution < 1.29 is 0 Å². The standard InChI is InChI=1S/C17H19N5S/c1-18-17(20-13-16-4-2-11-23-16)19-12-14-5-7-15(8-6-14)22-10-3-9-21-22/h2-11H,12-13H2,1H3,(H2,18,19,20). The largest absolute Gasteiger partial charge is 0.352 e. The van der Waals surface area contributed by atoms with E-state index in [1.54, 1.807) is 24.6 Å². The van der Waals surface area contributed by atoms with E-state index in [0.29, 0.717) is 0 Å². The minimum atomic E-state index is 0.726. The molecule has 1 aromatic carbocycles. The van der Waals surface area contributed by atoms with Gasteiger partial charge in [0.2, 0.25) is 0 Å². The van der Waals surface area contributed by atoms with Crippen LogP contribution in [-0.4, -0.2) is 22.8 Å². The maximum Gasteiger partial charge on any atom is 0.191 e. The van der Waals surface area contributed by atoms with Gasteiger partial charge in [0.05, 0.1) is 12.2 Å². The smallest absolute Gasteiger partial charge is 0.191 e. The summed E-state index contributed by atoms with van der Waals surface area (Å²) in [6.07, 6.45) is 3.71. The molecule has 0 bridgehead atoms. The fraction of sp³-hybridized carbons (Fsp3) is 0.176. The topological polar surface area (TPSA) is 54.2 Å². The van der Waals surface area contributed by atoms with Crippen molar-refractivity contribution in [2.75, 3.05) is 7.05 Å². The molecule has 2 N–H and O–H groups in total. The number of benzene rings is 1. The average Bonchev–Trinajstić information content (AvgIpc) is 3.29. The summed E-state index contributed by atoms with van der Waals surface area (Å²) in [7, 11) is 1.78. The molecule has 2 aromatic heterocycles. The molecule has 0 saturated heterocycles. The van der Waals surface area contributed by atoms with Crippen molar-refractivity contribution in [3.05, 3.63) is 70.7 Å². The first-order valence-corrected chi connectivity index (χ1v) is 8.29. The Labute approximate surface area is 139 Å². The molecule has 6 heteroatoms. The fourth-order valence-corrected chi connectivity index (χ4v) is 2.82. The molecule has 0 fully saturated rings. The first-order valence-electron chi connectivity index (χ1n) is 7.41. The van der Waals surface area contributed by atoms with Crippen LogP contribution in [0.1, 0.15) is 10.4 Å². The molecule has 0 aliphatic rings. The van der Waals surface area contributed by atoms with Gasteiger partial charge in [0, 0.05) is 30.9 Å². The van der Waals surface area contributed by atoms with Crippen LogP contribution in [0.2, 0.25) is 0 Å². The van der Waals surface area contributed by atoms with Crippen LogP contribution >= 0.6 is 11.3 Å². The molecule has 0 spiro atoms. The molecule has 3 aromatic rings. The normalized spacial score (nSPS) is 11.4. The van der Waals surface area contributed by atoms with Crippen molar-refractivity contribution in [1.29, 1.82) is 0 Å². The van der Waals surface area contributed by atoms with Gasteiger partial charge in [-0.05, 0) is 35.2 Å². The lowest BCUT2D eigenvalue weighted by Gasteiger charge is -2.11. The second-order valence-electron chi connectivity index (χ2n) is 4.98. The zero-order valence-electron chi connectivity index (χ0n) is 12.9. The van der Waals surface area contributed by atoms with Crippen LogP contribution in [0.5, 0.6) is 0 Å². The number of thiophene rings is 1. The summed E-state index contributed by atoms with van der Waals surface area (Å²) in [5, 5.41) is 12.9. The molecule has 0 aliphatic carbocycles. The van der Waals surface area contributed by atoms with Crippen LogP contribution in [0.15, 0.2) is 65.2 Å². The maximum atomic E-state index is 4.25. The van der Waals surface area contributed by atoms with Crippen LogP contribution in [0.4, 0.5) is 0 Å². The van der Waals surface area contributed by atoms with E-state index >= 15 is 0 Å². The lowest BCUT2D eigenvalue weighted by atomic mass is 10.2. The van der Waals surface area contributed by atoms with E-state index in [2.05, 4.69) is 62.5 Å². The van der Waals surface area contributed by atoms with Gasteiger partial charge in [-0.1, -0.05) is 18.2 Å². The van der Waals surface area contributed by atoms with E-state index in [-0.39, 0.29) is 0 Å². The molecular weight excluding hydrogens is 306 g/mol. The zero-order valence-corrected chi connectivity index (χ0v) is 13.8. The number of aromatic nitrogens is 2. The SMILES string of the molecule is CN=C(NCc1ccc(-n2cccn2)cc1)NCc1cccs1. The van der Waals surface area contributed by atoms with Gasteiger partial charge in [-0.15, -0.1) is 11.3 Å². The Bertz CT molecular complexity index is 730. The summed E-state index contributed by atoms with van der Waals surface area (Å²) in [5.41, 5.74) is 2.25. The molecule has 118 valence electrons. The second-order valence-corrected chi connectivity index (χ2v) is 6.01. The van der Waals surface area contributed by atoms with Gasteiger partial charge in [-0.2, -0.15) is 5.10 Å². The predicted octanol–water partition coefficient (Wildman–Crippen LogP) is 2.80. The number of guanidine groups is 1. The Morgan fingerprint density at radius 3 is 2.61 bits per heavy atom. The Kier molecular flexibility index (Phi) is 5.06. The molecule has 0 radical (unpaired) electrons. The Hall–Kier alpha value is -2.60. The van der Waals surface area contributed by atoms with Crippen LogP contribution in [0.3, 0.4) is 0 Å². The van der Waals surface area contributed by atoms with Crippen LogP contribution in [0, 0.1) is 0 Å². The summed E-state index contributed by atoms with van der Waals surface area (Å²) >= 11 is 1.74. The molecule has 0 saturated carbocycles. The van der Waals surface area contributed by atoms with Crippen LogP contribution in [0.25, 0.3) is 5.69 Å². The monoisotopic (exact) mass is 325 g/mol. The number of nitrogens with one attached hydrogen (secondary N) is 2. The van der Waals surface area contributed by atoms with Gasteiger partial charge >= 0.3 is 0 Å². The summed E-state index contributed by atoms with van der Waals surface area (Å²) < 4.78 is 1.85. The van der Waals surface area contributed by atoms with Crippen molar-refractivity contribution >= 4 is 17.3 Å². The summed E-state index contributed by atoms with van der Waals surface area (Å²) in [6.45, 7) is 1.51. The molecule has 0 unspecified atom stereocenters. The van der Waals surface area contributed by atoms with Crippen LogP contribution in [-0.2, 0) is 13.1 Å². The molecule has 5 nitrogen and oxygen atoms in total. The first kappa shape index (κ1) is 15.3. The molecule has 0 atom stereocenters. The number of hydrogen-bond acceptors (Lipinski definition) is 3. The van der Waals surface area contributed by atoms with Gasteiger partial charge in [-0.3, -0.25) is 4.99 Å². The Morgan fingerprint density at radius 1 is 1.13 bits per heavy atom. The maximum absolute atomic E-state index is 4.25. The minimum absolute atomic E-state index is 0.726. The number of nitrogens with zero attached hydrogens (tertiary/aromatic N) is 3. The number of aliphatic imine (C=N–C) groups is 1. The molecule has 2 heterocycles. The van der Waals surface area contributed by atoms with Crippen molar-refractivity contribution in [3.8, 4) is 5.69 Å². The molecule has 3 rings (SSSR count). The highest BCUT2D eigenvalue weighted by atomic mass is 32.1. The quantitative estimate of drug-likeness (QED) is 0.560. The molecule has 23 heavy (non-hydrogen) atoms. The lowest BCUT2D eigenvalue weighted by molar-refractivity contribution is 0.814. The number of rotatable bonds is 5.